The molecule has 4 heterocycles. The average Bonchev–Trinajstić information content (AvgIpc) is 3.08. The monoisotopic (exact) mass is 485 g/mol. The Hall–Kier alpha value is -3.13. The fourth-order valence-corrected chi connectivity index (χ4v) is 6.83. The molecule has 2 saturated heterocycles. The summed E-state index contributed by atoms with van der Waals surface area (Å²) in [6.07, 6.45) is 5.27. The Morgan fingerprint density at radius 2 is 1.78 bits per heavy atom. The highest BCUT2D eigenvalue weighted by Crippen LogP contribution is 2.63. The molecule has 1 spiro atoms. The number of nitrogens with one attached hydrogen (secondary N) is 1. The van der Waals surface area contributed by atoms with E-state index in [9.17, 15) is 4.79 Å². The van der Waals surface area contributed by atoms with Crippen molar-refractivity contribution in [3.05, 3.63) is 42.2 Å². The van der Waals surface area contributed by atoms with E-state index in [1.807, 2.05) is 12.3 Å². The smallest absolute Gasteiger partial charge is 0.270 e. The maximum atomic E-state index is 13.0. The molecule has 188 valence electrons. The third-order valence-electron chi connectivity index (χ3n) is 8.99. The SMILES string of the molecule is CC(C)N1CC2(CN(c3ccc(Nc4ncc5cc(C(=O)N(C)C)n(C67CC(C6)C7)c5n4)cc3)C2)C1. The van der Waals surface area contributed by atoms with E-state index >= 15 is 0 Å². The Labute approximate surface area is 212 Å². The maximum absolute atomic E-state index is 13.0. The van der Waals surface area contributed by atoms with Gasteiger partial charge in [-0.25, -0.2) is 4.98 Å². The van der Waals surface area contributed by atoms with Crippen molar-refractivity contribution in [2.45, 2.75) is 44.7 Å². The summed E-state index contributed by atoms with van der Waals surface area (Å²) in [6, 6.07) is 11.2. The Kier molecular flexibility index (Phi) is 4.57. The van der Waals surface area contributed by atoms with Gasteiger partial charge in [-0.05, 0) is 69.4 Å². The van der Waals surface area contributed by atoms with Crippen LogP contribution in [-0.2, 0) is 5.54 Å². The molecule has 3 aliphatic carbocycles. The molecule has 8 nitrogen and oxygen atoms in total. The fourth-order valence-electron chi connectivity index (χ4n) is 6.83. The second kappa shape index (κ2) is 7.44. The van der Waals surface area contributed by atoms with Gasteiger partial charge in [0.1, 0.15) is 11.3 Å². The van der Waals surface area contributed by atoms with E-state index < -0.39 is 0 Å². The largest absolute Gasteiger partial charge is 0.370 e. The van der Waals surface area contributed by atoms with Crippen molar-refractivity contribution < 1.29 is 4.79 Å². The highest BCUT2D eigenvalue weighted by atomic mass is 16.2. The number of amides is 1. The van der Waals surface area contributed by atoms with Crippen LogP contribution in [0.2, 0.25) is 0 Å². The lowest BCUT2D eigenvalue weighted by atomic mass is 9.49. The number of rotatable bonds is 6. The van der Waals surface area contributed by atoms with Gasteiger partial charge in [-0.3, -0.25) is 9.69 Å². The van der Waals surface area contributed by atoms with E-state index in [1.54, 1.807) is 19.0 Å². The van der Waals surface area contributed by atoms with Crippen LogP contribution in [0, 0.1) is 11.3 Å². The minimum Gasteiger partial charge on any atom is -0.370 e. The quantitative estimate of drug-likeness (QED) is 0.571. The zero-order chi connectivity index (χ0) is 24.8. The van der Waals surface area contributed by atoms with Gasteiger partial charge >= 0.3 is 0 Å². The summed E-state index contributed by atoms with van der Waals surface area (Å²) in [5.74, 6) is 1.40. The zero-order valence-electron chi connectivity index (χ0n) is 21.7. The second-order valence-corrected chi connectivity index (χ2v) is 12.3. The normalized spacial score (nSPS) is 25.8. The van der Waals surface area contributed by atoms with Gasteiger partial charge in [0.15, 0.2) is 0 Å². The van der Waals surface area contributed by atoms with Crippen molar-refractivity contribution in [3.63, 3.8) is 0 Å². The molecule has 0 atom stereocenters. The third kappa shape index (κ3) is 3.19. The molecule has 0 radical (unpaired) electrons. The molecule has 3 saturated carbocycles. The molecule has 5 aliphatic rings. The lowest BCUT2D eigenvalue weighted by Crippen LogP contribution is -2.73. The number of carbonyl (C=O) groups is 1. The Balaban J connectivity index is 1.09. The molecular weight excluding hydrogens is 450 g/mol. The molecule has 0 unspecified atom stereocenters. The predicted molar refractivity (Wildman–Crippen MR) is 142 cm³/mol. The Bertz CT molecular complexity index is 1330. The summed E-state index contributed by atoms with van der Waals surface area (Å²) in [5, 5.41) is 4.31. The van der Waals surface area contributed by atoms with E-state index in [2.05, 4.69) is 62.8 Å². The van der Waals surface area contributed by atoms with E-state index in [1.165, 1.54) is 18.8 Å². The van der Waals surface area contributed by atoms with Gasteiger partial charge in [0.2, 0.25) is 5.95 Å². The van der Waals surface area contributed by atoms with Gasteiger partial charge in [0.25, 0.3) is 5.91 Å². The van der Waals surface area contributed by atoms with Gasteiger partial charge in [-0.2, -0.15) is 4.98 Å². The van der Waals surface area contributed by atoms with E-state index in [-0.39, 0.29) is 11.4 Å². The van der Waals surface area contributed by atoms with Gasteiger partial charge in [-0.15, -0.1) is 0 Å². The van der Waals surface area contributed by atoms with Crippen molar-refractivity contribution in [2.75, 3.05) is 50.5 Å². The molecule has 5 fully saturated rings. The summed E-state index contributed by atoms with van der Waals surface area (Å²) in [7, 11) is 3.61. The number of benzene rings is 1. The van der Waals surface area contributed by atoms with Gasteiger partial charge < -0.3 is 19.7 Å². The molecule has 36 heavy (non-hydrogen) atoms. The summed E-state index contributed by atoms with van der Waals surface area (Å²) >= 11 is 0. The van der Waals surface area contributed by atoms with Crippen LogP contribution in [0.3, 0.4) is 0 Å². The fraction of sp³-hybridized carbons (Fsp3) is 0.536. The highest BCUT2D eigenvalue weighted by molar-refractivity contribution is 5.98. The Morgan fingerprint density at radius 3 is 2.36 bits per heavy atom. The summed E-state index contributed by atoms with van der Waals surface area (Å²) in [6.45, 7) is 9.32. The van der Waals surface area contributed by atoms with Crippen LogP contribution in [0.4, 0.5) is 17.3 Å². The zero-order valence-corrected chi connectivity index (χ0v) is 21.7. The summed E-state index contributed by atoms with van der Waals surface area (Å²) in [4.78, 5) is 29.1. The second-order valence-electron chi connectivity index (χ2n) is 12.3. The lowest BCUT2D eigenvalue weighted by molar-refractivity contribution is -0.0870. The number of hydrogen-bond donors (Lipinski definition) is 1. The van der Waals surface area contributed by atoms with Crippen LogP contribution in [0.15, 0.2) is 36.5 Å². The summed E-state index contributed by atoms with van der Waals surface area (Å²) in [5.41, 5.74) is 4.38. The lowest BCUT2D eigenvalue weighted by Gasteiger charge is -2.62. The van der Waals surface area contributed by atoms with Crippen molar-refractivity contribution in [1.82, 2.24) is 24.3 Å². The molecule has 3 aromatic rings. The molecule has 1 amide bonds. The van der Waals surface area contributed by atoms with Crippen LogP contribution < -0.4 is 10.2 Å². The predicted octanol–water partition coefficient (Wildman–Crippen LogP) is 3.92. The molecular formula is C28H35N7O. The highest BCUT2D eigenvalue weighted by Gasteiger charge is 2.59. The van der Waals surface area contributed by atoms with Crippen molar-refractivity contribution >= 4 is 34.3 Å². The van der Waals surface area contributed by atoms with Gasteiger partial charge in [0, 0.05) is 80.2 Å². The number of carbonyl (C=O) groups excluding carboxylic acids is 1. The molecule has 2 aliphatic heterocycles. The van der Waals surface area contributed by atoms with Gasteiger partial charge in [0.05, 0.1) is 0 Å². The van der Waals surface area contributed by atoms with Crippen molar-refractivity contribution in [1.29, 1.82) is 0 Å². The van der Waals surface area contributed by atoms with Gasteiger partial charge in [-0.1, -0.05) is 0 Å². The molecule has 8 rings (SSSR count). The third-order valence-corrected chi connectivity index (χ3v) is 8.99. The Morgan fingerprint density at radius 1 is 1.08 bits per heavy atom. The van der Waals surface area contributed by atoms with Crippen LogP contribution in [0.5, 0.6) is 0 Å². The number of likely N-dealkylation sites (tertiary alicyclic amines) is 1. The first-order valence-corrected chi connectivity index (χ1v) is 13.2. The van der Waals surface area contributed by atoms with Crippen LogP contribution in [0.25, 0.3) is 11.0 Å². The number of hydrogen-bond acceptors (Lipinski definition) is 6. The maximum Gasteiger partial charge on any atom is 0.270 e. The standard InChI is InChI=1S/C28H35N7O/c1-18(2)33-14-27(15-33)16-34(17-27)22-7-5-21(6-8-22)30-26-29-13-20-9-23(25(36)32(3)4)35(24(20)31-26)28-10-19(11-28)12-28/h5-9,13,18-19H,10-12,14-17H2,1-4H3,(H,29,30,31). The first-order valence-electron chi connectivity index (χ1n) is 13.2. The first kappa shape index (κ1) is 22.1. The van der Waals surface area contributed by atoms with E-state index in [4.69, 9.17) is 4.98 Å². The average molecular weight is 486 g/mol. The number of nitrogens with zero attached hydrogens (tertiary/aromatic N) is 6. The van der Waals surface area contributed by atoms with Crippen LogP contribution in [0.1, 0.15) is 43.6 Å². The molecule has 1 aromatic carbocycles. The number of anilines is 3. The number of aromatic nitrogens is 3. The first-order chi connectivity index (χ1) is 17.2. The molecule has 1 N–H and O–H groups in total. The summed E-state index contributed by atoms with van der Waals surface area (Å²) < 4.78 is 2.21. The number of fused-ring (bicyclic) bond motifs is 1. The van der Waals surface area contributed by atoms with E-state index in [0.717, 1.165) is 60.7 Å². The minimum atomic E-state index is 0.0226. The van der Waals surface area contributed by atoms with E-state index in [0.29, 0.717) is 17.4 Å². The van der Waals surface area contributed by atoms with Crippen molar-refractivity contribution in [2.24, 2.45) is 11.3 Å². The van der Waals surface area contributed by atoms with Crippen LogP contribution in [-0.4, -0.2) is 76.6 Å². The minimum absolute atomic E-state index is 0.0226. The van der Waals surface area contributed by atoms with Crippen molar-refractivity contribution in [3.8, 4) is 0 Å². The molecule has 2 aromatic heterocycles. The molecule has 8 heteroatoms. The van der Waals surface area contributed by atoms with Crippen LogP contribution >= 0.6 is 0 Å². The topological polar surface area (TPSA) is 69.5 Å². The molecule has 2 bridgehead atoms.